The van der Waals surface area contributed by atoms with Crippen LogP contribution in [0.1, 0.15) is 26.2 Å². The third-order valence-corrected chi connectivity index (χ3v) is 1.86. The van der Waals surface area contributed by atoms with E-state index in [2.05, 4.69) is 12.2 Å². The number of carbonyl (C=O) groups excluding carboxylic acids is 1. The molecule has 0 saturated heterocycles. The van der Waals surface area contributed by atoms with Gasteiger partial charge in [0.1, 0.15) is 0 Å². The Bertz CT molecular complexity index is 96.7. The molecule has 1 amide bonds. The fourth-order valence-electron chi connectivity index (χ4n) is 0.994. The first-order chi connectivity index (χ1) is 3.77. The highest BCUT2D eigenvalue weighted by molar-refractivity contribution is 5.48. The van der Waals surface area contributed by atoms with Gasteiger partial charge in [-0.3, -0.25) is 4.79 Å². The van der Waals surface area contributed by atoms with Crippen LogP contribution >= 0.6 is 0 Å². The molecule has 0 heterocycles. The van der Waals surface area contributed by atoms with E-state index in [1.807, 2.05) is 0 Å². The van der Waals surface area contributed by atoms with Crippen molar-refractivity contribution in [2.24, 2.45) is 0 Å². The Kier molecular flexibility index (Phi) is 1.24. The van der Waals surface area contributed by atoms with Gasteiger partial charge in [-0.15, -0.1) is 0 Å². The van der Waals surface area contributed by atoms with Crippen LogP contribution < -0.4 is 5.32 Å². The molecule has 0 radical (unpaired) electrons. The number of hydrogen-bond donors (Lipinski definition) is 1. The van der Waals surface area contributed by atoms with Crippen molar-refractivity contribution < 1.29 is 4.79 Å². The lowest BCUT2D eigenvalue weighted by Crippen LogP contribution is -2.47. The zero-order chi connectivity index (χ0) is 6.04. The molecule has 1 aliphatic rings. The van der Waals surface area contributed by atoms with E-state index >= 15 is 0 Å². The summed E-state index contributed by atoms with van der Waals surface area (Å²) in [5.74, 6) is 0. The van der Waals surface area contributed by atoms with Gasteiger partial charge in [-0.2, -0.15) is 0 Å². The Balaban J connectivity index is 2.29. The van der Waals surface area contributed by atoms with Gasteiger partial charge in [-0.1, -0.05) is 0 Å². The smallest absolute Gasteiger partial charge is 0.207 e. The SMILES string of the molecule is CC1(NC=O)CCC1. The van der Waals surface area contributed by atoms with Crippen molar-refractivity contribution in [1.82, 2.24) is 5.32 Å². The van der Waals surface area contributed by atoms with Crippen molar-refractivity contribution in [3.63, 3.8) is 0 Å². The van der Waals surface area contributed by atoms with E-state index in [1.165, 1.54) is 6.42 Å². The van der Waals surface area contributed by atoms with Gasteiger partial charge in [0, 0.05) is 5.54 Å². The highest BCUT2D eigenvalue weighted by atomic mass is 16.1. The fraction of sp³-hybridized carbons (Fsp3) is 0.833. The van der Waals surface area contributed by atoms with Crippen molar-refractivity contribution in [2.75, 3.05) is 0 Å². The van der Waals surface area contributed by atoms with Crippen LogP contribution in [-0.4, -0.2) is 11.9 Å². The maximum Gasteiger partial charge on any atom is 0.207 e. The van der Waals surface area contributed by atoms with Crippen LogP contribution in [-0.2, 0) is 4.79 Å². The zero-order valence-corrected chi connectivity index (χ0v) is 5.11. The minimum atomic E-state index is 0.155. The van der Waals surface area contributed by atoms with Gasteiger partial charge in [-0.25, -0.2) is 0 Å². The second-order valence-corrected chi connectivity index (χ2v) is 2.68. The molecule has 0 atom stereocenters. The van der Waals surface area contributed by atoms with Crippen molar-refractivity contribution in [3.05, 3.63) is 0 Å². The van der Waals surface area contributed by atoms with E-state index in [0.717, 1.165) is 19.3 Å². The van der Waals surface area contributed by atoms with Crippen molar-refractivity contribution in [2.45, 2.75) is 31.7 Å². The first-order valence-electron chi connectivity index (χ1n) is 2.98. The normalized spacial score (nSPS) is 23.6. The lowest BCUT2D eigenvalue weighted by atomic mass is 9.79. The van der Waals surface area contributed by atoms with E-state index in [0.29, 0.717) is 0 Å². The Morgan fingerprint density at radius 3 is 2.38 bits per heavy atom. The average molecular weight is 113 g/mol. The summed E-state index contributed by atoms with van der Waals surface area (Å²) in [7, 11) is 0. The molecule has 1 rings (SSSR count). The van der Waals surface area contributed by atoms with Crippen LogP contribution in [0, 0.1) is 0 Å². The molecule has 1 saturated carbocycles. The Hall–Kier alpha value is -0.530. The molecule has 0 aromatic carbocycles. The topological polar surface area (TPSA) is 29.1 Å². The molecule has 1 N–H and O–H groups in total. The Labute approximate surface area is 49.3 Å². The van der Waals surface area contributed by atoms with Crippen molar-refractivity contribution >= 4 is 6.41 Å². The predicted molar refractivity (Wildman–Crippen MR) is 31.5 cm³/mol. The van der Waals surface area contributed by atoms with Gasteiger partial charge in [0.15, 0.2) is 0 Å². The van der Waals surface area contributed by atoms with Gasteiger partial charge < -0.3 is 5.32 Å². The molecular weight excluding hydrogens is 102 g/mol. The molecule has 8 heavy (non-hydrogen) atoms. The first kappa shape index (κ1) is 5.60. The minimum absolute atomic E-state index is 0.155. The number of hydrogen-bond acceptors (Lipinski definition) is 1. The molecule has 2 nitrogen and oxygen atoms in total. The summed E-state index contributed by atoms with van der Waals surface area (Å²) < 4.78 is 0. The Morgan fingerprint density at radius 2 is 2.25 bits per heavy atom. The quantitative estimate of drug-likeness (QED) is 0.524. The summed E-state index contributed by atoms with van der Waals surface area (Å²) in [6.45, 7) is 2.07. The fourth-order valence-corrected chi connectivity index (χ4v) is 0.994. The number of carbonyl (C=O) groups is 1. The molecule has 0 unspecified atom stereocenters. The highest BCUT2D eigenvalue weighted by Crippen LogP contribution is 2.29. The van der Waals surface area contributed by atoms with Gasteiger partial charge in [0.2, 0.25) is 6.41 Å². The summed E-state index contributed by atoms with van der Waals surface area (Å²) >= 11 is 0. The third-order valence-electron chi connectivity index (χ3n) is 1.86. The predicted octanol–water partition coefficient (Wildman–Crippen LogP) is 0.675. The standard InChI is InChI=1S/C6H11NO/c1-6(7-5-8)3-2-4-6/h5H,2-4H2,1H3,(H,7,8). The molecule has 46 valence electrons. The molecule has 0 aromatic heterocycles. The van der Waals surface area contributed by atoms with Crippen LogP contribution in [0.15, 0.2) is 0 Å². The molecule has 1 aliphatic carbocycles. The van der Waals surface area contributed by atoms with Gasteiger partial charge in [-0.05, 0) is 26.2 Å². The summed E-state index contributed by atoms with van der Waals surface area (Å²) in [6, 6.07) is 0. The van der Waals surface area contributed by atoms with Crippen LogP contribution in [0.2, 0.25) is 0 Å². The van der Waals surface area contributed by atoms with Gasteiger partial charge in [0.05, 0.1) is 0 Å². The lowest BCUT2D eigenvalue weighted by molar-refractivity contribution is -0.111. The minimum Gasteiger partial charge on any atom is -0.354 e. The molecule has 1 fully saturated rings. The van der Waals surface area contributed by atoms with E-state index in [-0.39, 0.29) is 5.54 Å². The van der Waals surface area contributed by atoms with E-state index < -0.39 is 0 Å². The van der Waals surface area contributed by atoms with Crippen LogP contribution in [0.5, 0.6) is 0 Å². The maximum atomic E-state index is 9.90. The molecule has 0 spiro atoms. The molecule has 0 bridgehead atoms. The zero-order valence-electron chi connectivity index (χ0n) is 5.11. The van der Waals surface area contributed by atoms with Crippen molar-refractivity contribution in [1.29, 1.82) is 0 Å². The maximum absolute atomic E-state index is 9.90. The van der Waals surface area contributed by atoms with Gasteiger partial charge in [0.25, 0.3) is 0 Å². The van der Waals surface area contributed by atoms with E-state index in [9.17, 15) is 4.79 Å². The summed E-state index contributed by atoms with van der Waals surface area (Å²) in [6.07, 6.45) is 4.34. The second-order valence-electron chi connectivity index (χ2n) is 2.68. The number of rotatable bonds is 2. The number of amides is 1. The molecule has 0 aliphatic heterocycles. The lowest BCUT2D eigenvalue weighted by Gasteiger charge is -2.37. The summed E-state index contributed by atoms with van der Waals surface area (Å²) in [5.41, 5.74) is 0.155. The number of nitrogens with one attached hydrogen (secondary N) is 1. The Morgan fingerprint density at radius 1 is 1.62 bits per heavy atom. The summed E-state index contributed by atoms with van der Waals surface area (Å²) in [4.78, 5) is 9.90. The largest absolute Gasteiger partial charge is 0.354 e. The monoisotopic (exact) mass is 113 g/mol. The van der Waals surface area contributed by atoms with Crippen molar-refractivity contribution in [3.8, 4) is 0 Å². The molecular formula is C6H11NO. The summed E-state index contributed by atoms with van der Waals surface area (Å²) in [5, 5.41) is 2.78. The third kappa shape index (κ3) is 0.831. The molecule has 0 aromatic rings. The highest BCUT2D eigenvalue weighted by Gasteiger charge is 2.30. The molecule has 2 heteroatoms. The second kappa shape index (κ2) is 1.77. The van der Waals surface area contributed by atoms with Gasteiger partial charge >= 0.3 is 0 Å². The average Bonchev–Trinajstić information content (AvgIpc) is 1.64. The van der Waals surface area contributed by atoms with E-state index in [4.69, 9.17) is 0 Å². The van der Waals surface area contributed by atoms with Crippen LogP contribution in [0.4, 0.5) is 0 Å². The van der Waals surface area contributed by atoms with E-state index in [1.54, 1.807) is 0 Å². The first-order valence-corrected chi connectivity index (χ1v) is 2.98. The van der Waals surface area contributed by atoms with Crippen LogP contribution in [0.25, 0.3) is 0 Å². The van der Waals surface area contributed by atoms with Crippen LogP contribution in [0.3, 0.4) is 0 Å².